The van der Waals surface area contributed by atoms with E-state index in [1.54, 1.807) is 0 Å². The van der Waals surface area contributed by atoms with Crippen molar-refractivity contribution in [2.75, 3.05) is 19.7 Å². The number of aromatic amines is 1. The molecule has 0 saturated heterocycles. The van der Waals surface area contributed by atoms with E-state index in [0.717, 1.165) is 17.3 Å². The quantitative estimate of drug-likeness (QED) is 0.732. The number of aromatic nitrogens is 2. The highest BCUT2D eigenvalue weighted by molar-refractivity contribution is 5.91. The Morgan fingerprint density at radius 2 is 2.29 bits per heavy atom. The van der Waals surface area contributed by atoms with Crippen LogP contribution in [0.3, 0.4) is 0 Å². The fraction of sp³-hybridized carbons (Fsp3) is 0.444. The van der Waals surface area contributed by atoms with Gasteiger partial charge in [-0.1, -0.05) is 0 Å². The third-order valence-corrected chi connectivity index (χ3v) is 1.91. The Labute approximate surface area is 94.9 Å². The molecule has 0 aliphatic rings. The summed E-state index contributed by atoms with van der Waals surface area (Å²) >= 11 is 0. The Morgan fingerprint density at radius 1 is 1.59 bits per heavy atom. The molecule has 17 heavy (non-hydrogen) atoms. The molecule has 1 aromatic heterocycles. The largest absolute Gasteiger partial charge is 0.395 e. The van der Waals surface area contributed by atoms with Gasteiger partial charge in [-0.3, -0.25) is 9.59 Å². The van der Waals surface area contributed by atoms with Crippen LogP contribution in [0.25, 0.3) is 0 Å². The second kappa shape index (κ2) is 6.04. The van der Waals surface area contributed by atoms with Crippen LogP contribution in [0.2, 0.25) is 0 Å². The maximum absolute atomic E-state index is 12.2. The van der Waals surface area contributed by atoms with Gasteiger partial charge in [-0.15, -0.1) is 0 Å². The summed E-state index contributed by atoms with van der Waals surface area (Å²) in [5, 5.41) is 8.67. The average molecular weight is 247 g/mol. The fourth-order valence-electron chi connectivity index (χ4n) is 1.18. The minimum absolute atomic E-state index is 0.154. The number of rotatable bonds is 5. The fourth-order valence-corrected chi connectivity index (χ4v) is 1.18. The van der Waals surface area contributed by atoms with Gasteiger partial charge in [0, 0.05) is 12.7 Å². The number of hydrogen-bond acceptors (Lipinski definition) is 4. The first-order valence-corrected chi connectivity index (χ1v) is 4.77. The SMILES string of the molecule is O=C(c1c[nH]c(=O)cn1)N(CCO)CC(F)F. The lowest BCUT2D eigenvalue weighted by Crippen LogP contribution is -2.38. The first-order valence-electron chi connectivity index (χ1n) is 4.77. The number of carbonyl (C=O) groups is 1. The molecule has 0 aliphatic carbocycles. The van der Waals surface area contributed by atoms with Gasteiger partial charge >= 0.3 is 0 Å². The molecular weight excluding hydrogens is 236 g/mol. The Morgan fingerprint density at radius 3 is 2.76 bits per heavy atom. The number of alkyl halides is 2. The van der Waals surface area contributed by atoms with E-state index in [1.807, 2.05) is 0 Å². The summed E-state index contributed by atoms with van der Waals surface area (Å²) in [5.41, 5.74) is -0.650. The second-order valence-corrected chi connectivity index (χ2v) is 3.16. The van der Waals surface area contributed by atoms with E-state index in [2.05, 4.69) is 9.97 Å². The molecule has 1 aromatic rings. The molecule has 0 aliphatic heterocycles. The number of amides is 1. The van der Waals surface area contributed by atoms with Crippen molar-refractivity contribution in [2.45, 2.75) is 6.43 Å². The molecule has 1 amide bonds. The zero-order chi connectivity index (χ0) is 12.8. The predicted molar refractivity (Wildman–Crippen MR) is 53.9 cm³/mol. The minimum Gasteiger partial charge on any atom is -0.395 e. The van der Waals surface area contributed by atoms with Crippen LogP contribution in [0, 0.1) is 0 Å². The Bertz CT molecular complexity index is 415. The zero-order valence-corrected chi connectivity index (χ0v) is 8.77. The Kier molecular flexibility index (Phi) is 4.70. The molecule has 8 heteroatoms. The molecule has 0 atom stereocenters. The highest BCUT2D eigenvalue weighted by Gasteiger charge is 2.20. The molecule has 94 valence electrons. The summed E-state index contributed by atoms with van der Waals surface area (Å²) in [6.45, 7) is -1.44. The van der Waals surface area contributed by atoms with Crippen molar-refractivity contribution in [1.29, 1.82) is 0 Å². The van der Waals surface area contributed by atoms with Crippen LogP contribution in [0.4, 0.5) is 8.78 Å². The predicted octanol–water partition coefficient (Wildman–Crippen LogP) is -0.531. The molecule has 6 nitrogen and oxygen atoms in total. The molecule has 0 spiro atoms. The average Bonchev–Trinajstić information content (AvgIpc) is 2.28. The number of nitrogens with one attached hydrogen (secondary N) is 1. The van der Waals surface area contributed by atoms with Crippen LogP contribution in [0.5, 0.6) is 0 Å². The van der Waals surface area contributed by atoms with E-state index >= 15 is 0 Å². The van der Waals surface area contributed by atoms with E-state index in [0.29, 0.717) is 0 Å². The van der Waals surface area contributed by atoms with Crippen molar-refractivity contribution in [2.24, 2.45) is 0 Å². The van der Waals surface area contributed by atoms with E-state index in [9.17, 15) is 18.4 Å². The van der Waals surface area contributed by atoms with Gasteiger partial charge in [-0.25, -0.2) is 13.8 Å². The van der Waals surface area contributed by atoms with Crippen LogP contribution in [-0.4, -0.2) is 52.0 Å². The van der Waals surface area contributed by atoms with Crippen LogP contribution in [0.15, 0.2) is 17.2 Å². The maximum Gasteiger partial charge on any atom is 0.274 e. The van der Waals surface area contributed by atoms with Crippen molar-refractivity contribution in [3.8, 4) is 0 Å². The van der Waals surface area contributed by atoms with Crippen LogP contribution in [-0.2, 0) is 0 Å². The lowest BCUT2D eigenvalue weighted by atomic mass is 10.3. The summed E-state index contributed by atoms with van der Waals surface area (Å²) in [6, 6.07) is 0. The standard InChI is InChI=1S/C9H11F2N3O3/c10-7(11)5-14(1-2-15)9(17)6-3-13-8(16)4-12-6/h3-4,7,15H,1-2,5H2,(H,13,16). The zero-order valence-electron chi connectivity index (χ0n) is 8.77. The highest BCUT2D eigenvalue weighted by Crippen LogP contribution is 2.03. The lowest BCUT2D eigenvalue weighted by molar-refractivity contribution is 0.0504. The van der Waals surface area contributed by atoms with Gasteiger partial charge in [0.05, 0.1) is 19.3 Å². The second-order valence-electron chi connectivity index (χ2n) is 3.16. The van der Waals surface area contributed by atoms with E-state index < -0.39 is 31.0 Å². The first-order chi connectivity index (χ1) is 8.04. The smallest absolute Gasteiger partial charge is 0.274 e. The minimum atomic E-state index is -2.70. The molecule has 0 radical (unpaired) electrons. The molecule has 0 bridgehead atoms. The molecule has 0 fully saturated rings. The van der Waals surface area contributed by atoms with E-state index in [4.69, 9.17) is 5.11 Å². The summed E-state index contributed by atoms with van der Waals surface area (Å²) in [7, 11) is 0. The van der Waals surface area contributed by atoms with Gasteiger partial charge < -0.3 is 15.0 Å². The maximum atomic E-state index is 12.2. The summed E-state index contributed by atoms with van der Waals surface area (Å²) in [5.74, 6) is -0.768. The Hall–Kier alpha value is -1.83. The third-order valence-electron chi connectivity index (χ3n) is 1.91. The highest BCUT2D eigenvalue weighted by atomic mass is 19.3. The van der Waals surface area contributed by atoms with Gasteiger partial charge in [-0.05, 0) is 0 Å². The topological polar surface area (TPSA) is 86.3 Å². The van der Waals surface area contributed by atoms with Gasteiger partial charge in [0.15, 0.2) is 0 Å². The summed E-state index contributed by atoms with van der Waals surface area (Å²) in [6.07, 6.45) is -0.777. The number of aliphatic hydroxyl groups is 1. The molecule has 0 saturated carbocycles. The summed E-state index contributed by atoms with van der Waals surface area (Å²) in [4.78, 5) is 28.9. The number of nitrogens with zero attached hydrogens (tertiary/aromatic N) is 2. The van der Waals surface area contributed by atoms with Gasteiger partial charge in [0.25, 0.3) is 17.9 Å². The molecular formula is C9H11F2N3O3. The van der Waals surface area contributed by atoms with Gasteiger partial charge in [0.2, 0.25) is 0 Å². The number of H-pyrrole nitrogens is 1. The molecule has 0 unspecified atom stereocenters. The number of hydrogen-bond donors (Lipinski definition) is 2. The number of halogens is 2. The number of carbonyl (C=O) groups excluding carboxylic acids is 1. The van der Waals surface area contributed by atoms with Crippen molar-refractivity contribution in [3.05, 3.63) is 28.4 Å². The molecule has 1 rings (SSSR count). The van der Waals surface area contributed by atoms with Crippen LogP contribution >= 0.6 is 0 Å². The van der Waals surface area contributed by atoms with Crippen LogP contribution < -0.4 is 5.56 Å². The van der Waals surface area contributed by atoms with Crippen molar-refractivity contribution in [1.82, 2.24) is 14.9 Å². The van der Waals surface area contributed by atoms with Gasteiger partial charge in [0.1, 0.15) is 5.69 Å². The van der Waals surface area contributed by atoms with Gasteiger partial charge in [-0.2, -0.15) is 0 Å². The first kappa shape index (κ1) is 13.2. The summed E-state index contributed by atoms with van der Waals surface area (Å²) < 4.78 is 24.4. The van der Waals surface area contributed by atoms with Crippen molar-refractivity contribution < 1.29 is 18.7 Å². The van der Waals surface area contributed by atoms with E-state index in [1.165, 1.54) is 0 Å². The van der Waals surface area contributed by atoms with Crippen LogP contribution in [0.1, 0.15) is 10.5 Å². The van der Waals surface area contributed by atoms with Crippen molar-refractivity contribution in [3.63, 3.8) is 0 Å². The third kappa shape index (κ3) is 3.91. The molecule has 2 N–H and O–H groups in total. The van der Waals surface area contributed by atoms with Crippen molar-refractivity contribution >= 4 is 5.91 Å². The Balaban J connectivity index is 2.83. The normalized spacial score (nSPS) is 10.6. The molecule has 0 aromatic carbocycles. The van der Waals surface area contributed by atoms with E-state index in [-0.39, 0.29) is 12.2 Å². The lowest BCUT2D eigenvalue weighted by Gasteiger charge is -2.20. The monoisotopic (exact) mass is 247 g/mol. The number of aliphatic hydroxyl groups excluding tert-OH is 1. The molecule has 1 heterocycles.